The lowest BCUT2D eigenvalue weighted by atomic mass is 10.2. The van der Waals surface area contributed by atoms with Crippen LogP contribution in [0.25, 0.3) is 0 Å². The van der Waals surface area contributed by atoms with Gasteiger partial charge in [0.1, 0.15) is 11.6 Å². The van der Waals surface area contributed by atoms with Gasteiger partial charge in [0, 0.05) is 31.9 Å². The molecule has 7 heteroatoms. The van der Waals surface area contributed by atoms with Gasteiger partial charge in [-0.25, -0.2) is 13.8 Å². The number of nitrogens with zero attached hydrogens (tertiary/aromatic N) is 4. The lowest BCUT2D eigenvalue weighted by Crippen LogP contribution is -2.33. The zero-order chi connectivity index (χ0) is 17.2. The number of hydrogen-bond acceptors (Lipinski definition) is 4. The molecule has 1 N–H and O–H groups in total. The number of rotatable bonds is 4. The van der Waals surface area contributed by atoms with Gasteiger partial charge in [-0.05, 0) is 36.4 Å². The SMILES string of the molecule is Fc1ccc(Nc2ncc3n2CCN(Cc2ccc(F)cn2)C3)cc1. The van der Waals surface area contributed by atoms with E-state index in [9.17, 15) is 8.78 Å². The highest BCUT2D eigenvalue weighted by Crippen LogP contribution is 2.22. The number of nitrogens with one attached hydrogen (secondary N) is 1. The van der Waals surface area contributed by atoms with Crippen molar-refractivity contribution in [2.45, 2.75) is 19.6 Å². The van der Waals surface area contributed by atoms with E-state index in [1.165, 1.54) is 24.4 Å². The number of benzene rings is 1. The van der Waals surface area contributed by atoms with Crippen molar-refractivity contribution in [3.05, 3.63) is 71.8 Å². The summed E-state index contributed by atoms with van der Waals surface area (Å²) in [5.74, 6) is 0.166. The van der Waals surface area contributed by atoms with Gasteiger partial charge in [0.05, 0.1) is 23.8 Å². The van der Waals surface area contributed by atoms with Crippen molar-refractivity contribution in [2.75, 3.05) is 11.9 Å². The largest absolute Gasteiger partial charge is 0.326 e. The van der Waals surface area contributed by atoms with E-state index >= 15 is 0 Å². The van der Waals surface area contributed by atoms with Crippen LogP contribution in [0.2, 0.25) is 0 Å². The molecule has 25 heavy (non-hydrogen) atoms. The Kier molecular flexibility index (Phi) is 4.15. The molecule has 128 valence electrons. The van der Waals surface area contributed by atoms with Crippen molar-refractivity contribution in [2.24, 2.45) is 0 Å². The van der Waals surface area contributed by atoms with Crippen molar-refractivity contribution in [3.8, 4) is 0 Å². The molecule has 2 aromatic heterocycles. The topological polar surface area (TPSA) is 46.0 Å². The maximum absolute atomic E-state index is 13.0. The maximum Gasteiger partial charge on any atom is 0.207 e. The number of hydrogen-bond donors (Lipinski definition) is 1. The van der Waals surface area contributed by atoms with Crippen molar-refractivity contribution in [1.29, 1.82) is 0 Å². The molecule has 0 atom stereocenters. The van der Waals surface area contributed by atoms with Crippen LogP contribution in [0.4, 0.5) is 20.4 Å². The number of fused-ring (bicyclic) bond motifs is 1. The summed E-state index contributed by atoms with van der Waals surface area (Å²) < 4.78 is 28.1. The zero-order valence-electron chi connectivity index (χ0n) is 13.5. The summed E-state index contributed by atoms with van der Waals surface area (Å²) in [6.45, 7) is 3.06. The van der Waals surface area contributed by atoms with Gasteiger partial charge in [-0.2, -0.15) is 0 Å². The molecular weight excluding hydrogens is 324 g/mol. The van der Waals surface area contributed by atoms with E-state index < -0.39 is 0 Å². The van der Waals surface area contributed by atoms with Crippen LogP contribution in [-0.2, 0) is 19.6 Å². The van der Waals surface area contributed by atoms with Crippen LogP contribution < -0.4 is 5.32 Å². The Morgan fingerprint density at radius 2 is 1.72 bits per heavy atom. The third kappa shape index (κ3) is 3.51. The van der Waals surface area contributed by atoms with Crippen molar-refractivity contribution in [1.82, 2.24) is 19.4 Å². The third-order valence-electron chi connectivity index (χ3n) is 4.24. The second-order valence-electron chi connectivity index (χ2n) is 6.04. The van der Waals surface area contributed by atoms with Crippen LogP contribution in [-0.4, -0.2) is 26.0 Å². The number of aromatic nitrogens is 3. The Bertz CT molecular complexity index is 858. The molecule has 0 radical (unpaired) electrons. The predicted molar refractivity (Wildman–Crippen MR) is 90.2 cm³/mol. The molecule has 0 spiro atoms. The normalized spacial score (nSPS) is 14.3. The quantitative estimate of drug-likeness (QED) is 0.791. The van der Waals surface area contributed by atoms with Gasteiger partial charge in [-0.3, -0.25) is 9.88 Å². The monoisotopic (exact) mass is 341 g/mol. The summed E-state index contributed by atoms with van der Waals surface area (Å²) >= 11 is 0. The zero-order valence-corrected chi connectivity index (χ0v) is 13.5. The number of pyridine rings is 1. The second-order valence-corrected chi connectivity index (χ2v) is 6.04. The van der Waals surface area contributed by atoms with E-state index in [1.54, 1.807) is 18.2 Å². The molecule has 0 fully saturated rings. The minimum atomic E-state index is -0.322. The third-order valence-corrected chi connectivity index (χ3v) is 4.24. The first kappa shape index (κ1) is 15.7. The summed E-state index contributed by atoms with van der Waals surface area (Å²) in [5.41, 5.74) is 2.74. The molecular formula is C18H17F2N5. The van der Waals surface area contributed by atoms with Gasteiger partial charge >= 0.3 is 0 Å². The summed E-state index contributed by atoms with van der Waals surface area (Å²) in [6, 6.07) is 9.35. The molecule has 1 aliphatic rings. The summed E-state index contributed by atoms with van der Waals surface area (Å²) in [5, 5.41) is 3.22. The maximum atomic E-state index is 13.0. The molecule has 0 bridgehead atoms. The van der Waals surface area contributed by atoms with E-state index in [-0.39, 0.29) is 11.6 Å². The average molecular weight is 341 g/mol. The number of halogens is 2. The molecule has 0 saturated carbocycles. The van der Waals surface area contributed by atoms with Crippen LogP contribution in [0.15, 0.2) is 48.8 Å². The molecule has 0 saturated heterocycles. The van der Waals surface area contributed by atoms with Gasteiger partial charge < -0.3 is 9.88 Å². The first-order valence-corrected chi connectivity index (χ1v) is 8.07. The Morgan fingerprint density at radius 3 is 2.48 bits per heavy atom. The minimum Gasteiger partial charge on any atom is -0.326 e. The van der Waals surface area contributed by atoms with Gasteiger partial charge in [0.25, 0.3) is 0 Å². The van der Waals surface area contributed by atoms with E-state index in [4.69, 9.17) is 0 Å². The van der Waals surface area contributed by atoms with Gasteiger partial charge in [-0.1, -0.05) is 0 Å². The van der Waals surface area contributed by atoms with Crippen molar-refractivity contribution in [3.63, 3.8) is 0 Å². The molecule has 4 rings (SSSR count). The van der Waals surface area contributed by atoms with Gasteiger partial charge in [0.15, 0.2) is 0 Å². The first-order valence-electron chi connectivity index (χ1n) is 8.07. The molecule has 1 aliphatic heterocycles. The van der Waals surface area contributed by atoms with Crippen LogP contribution >= 0.6 is 0 Å². The molecule has 1 aromatic carbocycles. The summed E-state index contributed by atoms with van der Waals surface area (Å²) in [6.07, 6.45) is 3.09. The van der Waals surface area contributed by atoms with Crippen LogP contribution in [0.3, 0.4) is 0 Å². The fourth-order valence-electron chi connectivity index (χ4n) is 2.96. The Hall–Kier alpha value is -2.80. The fraction of sp³-hybridized carbons (Fsp3) is 0.222. The summed E-state index contributed by atoms with van der Waals surface area (Å²) in [4.78, 5) is 10.8. The second kappa shape index (κ2) is 6.60. The number of imidazole rings is 1. The van der Waals surface area contributed by atoms with Crippen LogP contribution in [0.1, 0.15) is 11.4 Å². The summed E-state index contributed by atoms with van der Waals surface area (Å²) in [7, 11) is 0. The highest BCUT2D eigenvalue weighted by molar-refractivity contribution is 5.53. The van der Waals surface area contributed by atoms with Gasteiger partial charge in [0.2, 0.25) is 5.95 Å². The molecule has 3 heterocycles. The molecule has 0 aliphatic carbocycles. The predicted octanol–water partition coefficient (Wildman–Crippen LogP) is 3.32. The van der Waals surface area contributed by atoms with Crippen molar-refractivity contribution >= 4 is 11.6 Å². The van der Waals surface area contributed by atoms with Crippen molar-refractivity contribution < 1.29 is 8.78 Å². The van der Waals surface area contributed by atoms with Crippen LogP contribution in [0, 0.1) is 11.6 Å². The molecule has 0 amide bonds. The Labute approximate surface area is 143 Å². The van der Waals surface area contributed by atoms with Gasteiger partial charge in [-0.15, -0.1) is 0 Å². The van der Waals surface area contributed by atoms with Crippen LogP contribution in [0.5, 0.6) is 0 Å². The van der Waals surface area contributed by atoms with E-state index in [2.05, 4.69) is 24.8 Å². The average Bonchev–Trinajstić information content (AvgIpc) is 3.01. The smallest absolute Gasteiger partial charge is 0.207 e. The highest BCUT2D eigenvalue weighted by Gasteiger charge is 2.20. The van der Waals surface area contributed by atoms with E-state index in [0.717, 1.165) is 42.7 Å². The minimum absolute atomic E-state index is 0.263. The lowest BCUT2D eigenvalue weighted by molar-refractivity contribution is 0.211. The molecule has 3 aromatic rings. The van der Waals surface area contributed by atoms with E-state index in [0.29, 0.717) is 6.54 Å². The number of anilines is 2. The fourth-order valence-corrected chi connectivity index (χ4v) is 2.96. The highest BCUT2D eigenvalue weighted by atomic mass is 19.1. The lowest BCUT2D eigenvalue weighted by Gasteiger charge is -2.28. The molecule has 0 unspecified atom stereocenters. The Balaban J connectivity index is 1.45. The standard InChI is InChI=1S/C18H17F2N5/c19-13-1-4-15(5-2-13)23-18-22-10-17-12-24(7-8-25(17)18)11-16-6-3-14(20)9-21-16/h1-6,9-10H,7-8,11-12H2,(H,22,23). The molecule has 5 nitrogen and oxygen atoms in total. The first-order chi connectivity index (χ1) is 12.2. The Morgan fingerprint density at radius 1 is 0.920 bits per heavy atom. The van der Waals surface area contributed by atoms with E-state index in [1.807, 2.05) is 6.20 Å².